The van der Waals surface area contributed by atoms with E-state index < -0.39 is 0 Å². The van der Waals surface area contributed by atoms with Gasteiger partial charge >= 0.3 is 0 Å². The number of benzene rings is 1. The number of hydrogen-bond acceptors (Lipinski definition) is 6. The monoisotopic (exact) mass is 387 g/mol. The molecule has 0 N–H and O–H groups in total. The van der Waals surface area contributed by atoms with Gasteiger partial charge in [0.2, 0.25) is 0 Å². The highest BCUT2D eigenvalue weighted by molar-refractivity contribution is 7.98. The van der Waals surface area contributed by atoms with Crippen molar-refractivity contribution in [3.05, 3.63) is 57.8 Å². The van der Waals surface area contributed by atoms with Crippen molar-refractivity contribution in [1.82, 2.24) is 24.6 Å². The van der Waals surface area contributed by atoms with Crippen LogP contribution in [0.1, 0.15) is 41.5 Å². The summed E-state index contributed by atoms with van der Waals surface area (Å²) < 4.78 is 2.26. The van der Waals surface area contributed by atoms with Crippen LogP contribution in [0.25, 0.3) is 0 Å². The third-order valence-electron chi connectivity index (χ3n) is 4.25. The summed E-state index contributed by atoms with van der Waals surface area (Å²) in [7, 11) is 4.20. The maximum absolute atomic E-state index is 4.56. The second kappa shape index (κ2) is 8.79. The highest BCUT2D eigenvalue weighted by atomic mass is 32.2. The average Bonchev–Trinajstić information content (AvgIpc) is 3.21. The normalized spacial score (nSPS) is 12.7. The van der Waals surface area contributed by atoms with E-state index >= 15 is 0 Å². The summed E-state index contributed by atoms with van der Waals surface area (Å²) >= 11 is 3.40. The van der Waals surface area contributed by atoms with Gasteiger partial charge in [-0.3, -0.25) is 4.90 Å². The Morgan fingerprint density at radius 3 is 2.58 bits per heavy atom. The summed E-state index contributed by atoms with van der Waals surface area (Å²) in [6, 6.07) is 10.8. The van der Waals surface area contributed by atoms with Crippen LogP contribution in [0, 0.1) is 6.92 Å². The number of aryl methyl sites for hydroxylation is 1. The Labute approximate surface area is 163 Å². The minimum absolute atomic E-state index is 0.252. The summed E-state index contributed by atoms with van der Waals surface area (Å²) in [6.07, 6.45) is 0.996. The van der Waals surface area contributed by atoms with E-state index in [0.29, 0.717) is 0 Å². The molecule has 0 radical (unpaired) electrons. The van der Waals surface area contributed by atoms with E-state index in [2.05, 4.69) is 75.3 Å². The fourth-order valence-corrected chi connectivity index (χ4v) is 4.52. The van der Waals surface area contributed by atoms with Gasteiger partial charge in [-0.15, -0.1) is 21.5 Å². The Bertz CT molecular complexity index is 826. The lowest BCUT2D eigenvalue weighted by atomic mass is 10.2. The first-order valence-corrected chi connectivity index (χ1v) is 10.6. The number of hydrogen-bond donors (Lipinski definition) is 0. The van der Waals surface area contributed by atoms with Crippen molar-refractivity contribution >= 4 is 23.1 Å². The molecule has 0 amide bonds. The Kier molecular flexibility index (Phi) is 6.45. The molecule has 0 saturated heterocycles. The molecule has 1 atom stereocenters. The van der Waals surface area contributed by atoms with Crippen molar-refractivity contribution < 1.29 is 0 Å². The molecule has 26 heavy (non-hydrogen) atoms. The Morgan fingerprint density at radius 2 is 1.96 bits per heavy atom. The van der Waals surface area contributed by atoms with Crippen molar-refractivity contribution in [2.24, 2.45) is 0 Å². The minimum Gasteiger partial charge on any atom is -0.300 e. The van der Waals surface area contributed by atoms with Crippen LogP contribution in [-0.4, -0.2) is 38.7 Å². The van der Waals surface area contributed by atoms with Crippen LogP contribution in [-0.2, 0) is 12.3 Å². The fourth-order valence-electron chi connectivity index (χ4n) is 2.96. The lowest BCUT2D eigenvalue weighted by Gasteiger charge is -2.23. The molecule has 2 aromatic heterocycles. The number of nitrogens with zero attached hydrogens (tertiary/aromatic N) is 5. The molecule has 0 aliphatic rings. The molecule has 0 aliphatic carbocycles. The van der Waals surface area contributed by atoms with E-state index in [4.69, 9.17) is 0 Å². The number of aromatic nitrogens is 4. The molecule has 0 aliphatic heterocycles. The van der Waals surface area contributed by atoms with Crippen LogP contribution in [0.15, 0.2) is 40.9 Å². The van der Waals surface area contributed by atoms with E-state index in [-0.39, 0.29) is 6.04 Å². The van der Waals surface area contributed by atoms with Crippen molar-refractivity contribution in [3.63, 3.8) is 0 Å². The predicted molar refractivity (Wildman–Crippen MR) is 109 cm³/mol. The second-order valence-corrected chi connectivity index (χ2v) is 8.45. The number of thiazole rings is 1. The lowest BCUT2D eigenvalue weighted by molar-refractivity contribution is 0.272. The first-order chi connectivity index (χ1) is 12.6. The molecule has 0 unspecified atom stereocenters. The first-order valence-electron chi connectivity index (χ1n) is 8.75. The molecule has 0 fully saturated rings. The second-order valence-electron chi connectivity index (χ2n) is 6.45. The third-order valence-corrected chi connectivity index (χ3v) is 6.08. The molecule has 7 heteroatoms. The topological polar surface area (TPSA) is 46.8 Å². The van der Waals surface area contributed by atoms with Crippen LogP contribution in [0.3, 0.4) is 0 Å². The highest BCUT2D eigenvalue weighted by Crippen LogP contribution is 2.28. The fraction of sp³-hybridized carbons (Fsp3) is 0.421. The lowest BCUT2D eigenvalue weighted by Crippen LogP contribution is -2.23. The zero-order valence-electron chi connectivity index (χ0n) is 15.7. The standard InChI is InChI=1S/C19H25N5S2/c1-5-17(23(3)4)18-21-22-19(26-13-16-12-25-14(2)20-16)24(18)11-15-9-7-6-8-10-15/h6-10,12,17H,5,11,13H2,1-4H3/t17-/m0/s1. The molecular weight excluding hydrogens is 362 g/mol. The summed E-state index contributed by atoms with van der Waals surface area (Å²) in [4.78, 5) is 6.77. The molecule has 0 spiro atoms. The van der Waals surface area contributed by atoms with Gasteiger partial charge in [0.15, 0.2) is 11.0 Å². The molecule has 5 nitrogen and oxygen atoms in total. The maximum atomic E-state index is 4.56. The summed E-state index contributed by atoms with van der Waals surface area (Å²) in [6.45, 7) is 5.01. The number of rotatable bonds is 8. The zero-order valence-corrected chi connectivity index (χ0v) is 17.3. The van der Waals surface area contributed by atoms with Crippen molar-refractivity contribution in [3.8, 4) is 0 Å². The minimum atomic E-state index is 0.252. The van der Waals surface area contributed by atoms with E-state index in [1.165, 1.54) is 5.56 Å². The van der Waals surface area contributed by atoms with Gasteiger partial charge in [-0.2, -0.15) is 0 Å². The molecule has 138 valence electrons. The maximum Gasteiger partial charge on any atom is 0.191 e. The molecule has 2 heterocycles. The van der Waals surface area contributed by atoms with Crippen LogP contribution >= 0.6 is 23.1 Å². The molecule has 1 aromatic carbocycles. The van der Waals surface area contributed by atoms with Gasteiger partial charge < -0.3 is 4.57 Å². The zero-order chi connectivity index (χ0) is 18.5. The Hall–Kier alpha value is -1.70. The van der Waals surface area contributed by atoms with Crippen molar-refractivity contribution in [2.45, 2.75) is 43.8 Å². The van der Waals surface area contributed by atoms with Gasteiger partial charge in [0.05, 0.1) is 23.3 Å². The van der Waals surface area contributed by atoms with Gasteiger partial charge in [0.1, 0.15) is 0 Å². The molecule has 3 rings (SSSR count). The van der Waals surface area contributed by atoms with Gasteiger partial charge in [-0.05, 0) is 33.0 Å². The summed E-state index contributed by atoms with van der Waals surface area (Å²) in [5.41, 5.74) is 2.36. The largest absolute Gasteiger partial charge is 0.300 e. The molecule has 0 bridgehead atoms. The average molecular weight is 388 g/mol. The quantitative estimate of drug-likeness (QED) is 0.536. The molecular formula is C19H25N5S2. The van der Waals surface area contributed by atoms with Gasteiger partial charge in [0, 0.05) is 11.1 Å². The van der Waals surface area contributed by atoms with E-state index in [9.17, 15) is 0 Å². The SMILES string of the molecule is CC[C@@H](c1nnc(SCc2csc(C)n2)n1Cc1ccccc1)N(C)C. The van der Waals surface area contributed by atoms with Crippen LogP contribution in [0.2, 0.25) is 0 Å². The van der Waals surface area contributed by atoms with Crippen molar-refractivity contribution in [1.29, 1.82) is 0 Å². The molecule has 0 saturated carbocycles. The first kappa shape index (κ1) is 19.1. The summed E-state index contributed by atoms with van der Waals surface area (Å²) in [5.74, 6) is 1.84. The third kappa shape index (κ3) is 4.52. The highest BCUT2D eigenvalue weighted by Gasteiger charge is 2.22. The van der Waals surface area contributed by atoms with E-state index in [1.807, 2.05) is 13.0 Å². The van der Waals surface area contributed by atoms with E-state index in [1.54, 1.807) is 23.1 Å². The Balaban J connectivity index is 1.88. The van der Waals surface area contributed by atoms with Crippen LogP contribution < -0.4 is 0 Å². The van der Waals surface area contributed by atoms with Gasteiger partial charge in [-0.25, -0.2) is 4.98 Å². The Morgan fingerprint density at radius 1 is 1.19 bits per heavy atom. The van der Waals surface area contributed by atoms with E-state index in [0.717, 1.165) is 40.4 Å². The number of thioether (sulfide) groups is 1. The predicted octanol–water partition coefficient (Wildman–Crippen LogP) is 4.40. The van der Waals surface area contributed by atoms with Crippen molar-refractivity contribution in [2.75, 3.05) is 14.1 Å². The molecule has 3 aromatic rings. The smallest absolute Gasteiger partial charge is 0.191 e. The van der Waals surface area contributed by atoms with Gasteiger partial charge in [0.25, 0.3) is 0 Å². The summed E-state index contributed by atoms with van der Waals surface area (Å²) in [5, 5.41) is 13.2. The van der Waals surface area contributed by atoms with Crippen LogP contribution in [0.4, 0.5) is 0 Å². The van der Waals surface area contributed by atoms with Gasteiger partial charge in [-0.1, -0.05) is 49.0 Å². The van der Waals surface area contributed by atoms with Crippen LogP contribution in [0.5, 0.6) is 0 Å².